The molecule has 0 saturated carbocycles. The van der Waals surface area contributed by atoms with Crippen molar-refractivity contribution in [3.05, 3.63) is 106 Å². The van der Waals surface area contributed by atoms with Gasteiger partial charge < -0.3 is 13.9 Å². The maximum Gasteiger partial charge on any atom is 0.339 e. The van der Waals surface area contributed by atoms with Gasteiger partial charge in [-0.3, -0.25) is 0 Å². The van der Waals surface area contributed by atoms with Gasteiger partial charge >= 0.3 is 5.97 Å². The lowest BCUT2D eigenvalue weighted by Gasteiger charge is -2.26. The number of rotatable bonds is 6. The highest BCUT2D eigenvalue weighted by molar-refractivity contribution is 6.30. The monoisotopic (exact) mass is 551 g/mol. The molecule has 200 valence electrons. The average Bonchev–Trinajstić information content (AvgIpc) is 3.45. The molecule has 1 aliphatic carbocycles. The number of carbonyl (C=O) groups excluding carboxylic acids is 1. The van der Waals surface area contributed by atoms with Crippen molar-refractivity contribution < 1.29 is 18.7 Å². The van der Waals surface area contributed by atoms with Crippen LogP contribution in [0.4, 0.5) is 0 Å². The van der Waals surface area contributed by atoms with Gasteiger partial charge in [0.15, 0.2) is 6.61 Å². The molecule has 0 bridgehead atoms. The Hall–Kier alpha value is -4.49. The van der Waals surface area contributed by atoms with E-state index in [2.05, 4.69) is 23.2 Å². The highest BCUT2D eigenvalue weighted by Crippen LogP contribution is 2.39. The Morgan fingerprint density at radius 3 is 2.58 bits per heavy atom. The highest BCUT2D eigenvalue weighted by Gasteiger charge is 2.29. The first-order chi connectivity index (χ1) is 19.5. The van der Waals surface area contributed by atoms with Gasteiger partial charge in [0.1, 0.15) is 5.75 Å². The van der Waals surface area contributed by atoms with E-state index in [1.54, 1.807) is 31.4 Å². The van der Waals surface area contributed by atoms with E-state index in [4.69, 9.17) is 30.5 Å². The SMILES string of the molecule is COc1ccc(/C=C2/C[C@H](C)Cc3c2nc2ccccc2c3C(=O)OCc2nnc(-c3ccc(Cl)cc3)o2)cc1. The lowest BCUT2D eigenvalue weighted by atomic mass is 9.80. The van der Waals surface area contributed by atoms with Crippen LogP contribution in [0.3, 0.4) is 0 Å². The second kappa shape index (κ2) is 10.9. The van der Waals surface area contributed by atoms with Crippen LogP contribution in [0.2, 0.25) is 5.02 Å². The topological polar surface area (TPSA) is 87.3 Å². The van der Waals surface area contributed by atoms with Crippen LogP contribution >= 0.6 is 11.6 Å². The predicted molar refractivity (Wildman–Crippen MR) is 154 cm³/mol. The predicted octanol–water partition coefficient (Wildman–Crippen LogP) is 7.43. The number of pyridine rings is 1. The number of esters is 1. The van der Waals surface area contributed by atoms with Crippen LogP contribution < -0.4 is 4.74 Å². The van der Waals surface area contributed by atoms with E-state index in [0.29, 0.717) is 22.4 Å². The summed E-state index contributed by atoms with van der Waals surface area (Å²) < 4.78 is 16.8. The summed E-state index contributed by atoms with van der Waals surface area (Å²) in [4.78, 5) is 18.7. The lowest BCUT2D eigenvalue weighted by molar-refractivity contribution is 0.0439. The van der Waals surface area contributed by atoms with Crippen molar-refractivity contribution in [2.45, 2.75) is 26.4 Å². The molecule has 0 unspecified atom stereocenters. The number of hydrogen-bond acceptors (Lipinski definition) is 7. The van der Waals surface area contributed by atoms with Crippen LogP contribution in [0.25, 0.3) is 34.0 Å². The van der Waals surface area contributed by atoms with Gasteiger partial charge in [0, 0.05) is 16.0 Å². The molecule has 0 aliphatic heterocycles. The molecule has 40 heavy (non-hydrogen) atoms. The van der Waals surface area contributed by atoms with Crippen LogP contribution in [0.1, 0.15) is 46.4 Å². The third-order valence-electron chi connectivity index (χ3n) is 6.96. The van der Waals surface area contributed by atoms with Crippen LogP contribution in [0.15, 0.2) is 77.2 Å². The summed E-state index contributed by atoms with van der Waals surface area (Å²) in [5, 5.41) is 9.51. The van der Waals surface area contributed by atoms with E-state index in [0.717, 1.165) is 57.5 Å². The third kappa shape index (κ3) is 5.20. The molecule has 1 atom stereocenters. The second-order valence-corrected chi connectivity index (χ2v) is 10.3. The standard InChI is InChI=1S/C32H26ClN3O4/c1-19-15-22(17-20-7-13-24(38-2)14-8-20)30-26(16-19)29(25-5-3-4-6-27(25)34-30)32(37)39-18-28-35-36-31(40-28)21-9-11-23(33)12-10-21/h3-14,17,19H,15-16,18H2,1-2H3/b22-17-/t19-/m0/s1. The molecule has 0 amide bonds. The summed E-state index contributed by atoms with van der Waals surface area (Å²) in [5.41, 5.74) is 5.87. The van der Waals surface area contributed by atoms with E-state index in [1.165, 1.54) is 0 Å². The van der Waals surface area contributed by atoms with Crippen molar-refractivity contribution >= 4 is 40.1 Å². The minimum atomic E-state index is -0.445. The summed E-state index contributed by atoms with van der Waals surface area (Å²) in [5.74, 6) is 1.22. The first kappa shape index (κ1) is 25.8. The van der Waals surface area contributed by atoms with Crippen LogP contribution in [-0.2, 0) is 17.8 Å². The van der Waals surface area contributed by atoms with E-state index >= 15 is 0 Å². The molecule has 1 aliphatic rings. The Kier molecular flexibility index (Phi) is 7.05. The number of hydrogen-bond donors (Lipinski definition) is 0. The number of ether oxygens (including phenoxy) is 2. The Labute approximate surface area is 236 Å². The molecule has 2 heterocycles. The fourth-order valence-electron chi connectivity index (χ4n) is 5.09. The summed E-state index contributed by atoms with van der Waals surface area (Å²) in [6.45, 7) is 2.04. The van der Waals surface area contributed by atoms with E-state index < -0.39 is 5.97 Å². The summed E-state index contributed by atoms with van der Waals surface area (Å²) >= 11 is 5.97. The summed E-state index contributed by atoms with van der Waals surface area (Å²) in [6, 6.07) is 22.6. The average molecular weight is 552 g/mol. The molecule has 3 aromatic carbocycles. The van der Waals surface area contributed by atoms with Gasteiger partial charge in [-0.2, -0.15) is 0 Å². The van der Waals surface area contributed by atoms with Gasteiger partial charge in [-0.25, -0.2) is 9.78 Å². The lowest BCUT2D eigenvalue weighted by Crippen LogP contribution is -2.19. The maximum absolute atomic E-state index is 13.7. The molecule has 0 fully saturated rings. The zero-order valence-electron chi connectivity index (χ0n) is 22.1. The molecular weight excluding hydrogens is 526 g/mol. The van der Waals surface area contributed by atoms with Crippen molar-refractivity contribution in [1.82, 2.24) is 15.2 Å². The molecule has 5 aromatic rings. The molecule has 0 N–H and O–H groups in total. The number of nitrogens with zero attached hydrogens (tertiary/aromatic N) is 3. The normalized spacial score (nSPS) is 15.7. The Morgan fingerprint density at radius 2 is 1.80 bits per heavy atom. The molecule has 0 spiro atoms. The smallest absolute Gasteiger partial charge is 0.339 e. The number of halogens is 1. The molecule has 0 saturated heterocycles. The largest absolute Gasteiger partial charge is 0.497 e. The van der Waals surface area contributed by atoms with Crippen LogP contribution in [-0.4, -0.2) is 28.3 Å². The quantitative estimate of drug-likeness (QED) is 0.203. The van der Waals surface area contributed by atoms with Gasteiger partial charge in [-0.1, -0.05) is 48.9 Å². The van der Waals surface area contributed by atoms with E-state index in [1.807, 2.05) is 48.5 Å². The number of carbonyl (C=O) groups is 1. The van der Waals surface area contributed by atoms with Crippen molar-refractivity contribution in [2.24, 2.45) is 5.92 Å². The summed E-state index contributed by atoms with van der Waals surface area (Å²) in [7, 11) is 1.65. The fraction of sp³-hybridized carbons (Fsp3) is 0.188. The van der Waals surface area contributed by atoms with Gasteiger partial charge in [0.25, 0.3) is 5.89 Å². The van der Waals surface area contributed by atoms with Crippen molar-refractivity contribution in [3.8, 4) is 17.2 Å². The number of benzene rings is 3. The number of aromatic nitrogens is 3. The van der Waals surface area contributed by atoms with Crippen molar-refractivity contribution in [3.63, 3.8) is 0 Å². The molecule has 8 heteroatoms. The van der Waals surface area contributed by atoms with Crippen LogP contribution in [0, 0.1) is 5.92 Å². The zero-order chi connectivity index (χ0) is 27.6. The van der Waals surface area contributed by atoms with Crippen LogP contribution in [0.5, 0.6) is 5.75 Å². The molecule has 7 nitrogen and oxygen atoms in total. The van der Waals surface area contributed by atoms with Gasteiger partial charge in [0.2, 0.25) is 5.89 Å². The van der Waals surface area contributed by atoms with Gasteiger partial charge in [-0.05, 0) is 84.0 Å². The summed E-state index contributed by atoms with van der Waals surface area (Å²) in [6.07, 6.45) is 3.72. The molecule has 0 radical (unpaired) electrons. The molecule has 2 aromatic heterocycles. The Bertz CT molecular complexity index is 1730. The third-order valence-corrected chi connectivity index (χ3v) is 7.22. The minimum Gasteiger partial charge on any atom is -0.497 e. The zero-order valence-corrected chi connectivity index (χ0v) is 22.8. The Morgan fingerprint density at radius 1 is 1.02 bits per heavy atom. The first-order valence-corrected chi connectivity index (χ1v) is 13.4. The van der Waals surface area contributed by atoms with Gasteiger partial charge in [-0.15, -0.1) is 10.2 Å². The highest BCUT2D eigenvalue weighted by atomic mass is 35.5. The van der Waals surface area contributed by atoms with Crippen molar-refractivity contribution in [2.75, 3.05) is 7.11 Å². The first-order valence-electron chi connectivity index (χ1n) is 13.0. The van der Waals surface area contributed by atoms with E-state index in [-0.39, 0.29) is 12.5 Å². The Balaban J connectivity index is 1.34. The number of allylic oxidation sites excluding steroid dienone is 1. The number of methoxy groups -OCH3 is 1. The second-order valence-electron chi connectivity index (χ2n) is 9.87. The molecule has 6 rings (SSSR count). The fourth-order valence-corrected chi connectivity index (χ4v) is 5.22. The van der Waals surface area contributed by atoms with Crippen molar-refractivity contribution in [1.29, 1.82) is 0 Å². The minimum absolute atomic E-state index is 0.144. The van der Waals surface area contributed by atoms with E-state index in [9.17, 15) is 4.79 Å². The maximum atomic E-state index is 13.7. The number of para-hydroxylation sites is 1. The van der Waals surface area contributed by atoms with Gasteiger partial charge in [0.05, 0.1) is 23.9 Å². The number of fused-ring (bicyclic) bond motifs is 2. The molecular formula is C32H26ClN3O4.